The van der Waals surface area contributed by atoms with Crippen molar-refractivity contribution in [3.05, 3.63) is 48.5 Å². The smallest absolute Gasteiger partial charge is 0.407 e. The van der Waals surface area contributed by atoms with Crippen molar-refractivity contribution in [2.24, 2.45) is 0 Å². The molecular formula is C22H28B2O4. The van der Waals surface area contributed by atoms with Gasteiger partial charge in [-0.2, -0.15) is 0 Å². The highest BCUT2D eigenvalue weighted by atomic mass is 16.6. The summed E-state index contributed by atoms with van der Waals surface area (Å²) in [6, 6.07) is 17.0. The monoisotopic (exact) mass is 378 g/mol. The predicted molar refractivity (Wildman–Crippen MR) is 114 cm³/mol. The van der Waals surface area contributed by atoms with Crippen molar-refractivity contribution in [1.29, 1.82) is 0 Å². The maximum absolute atomic E-state index is 5.87. The number of hydrogen-bond acceptors (Lipinski definition) is 4. The maximum Gasteiger partial charge on any atom is 0.493 e. The molecule has 0 spiro atoms. The van der Waals surface area contributed by atoms with Crippen molar-refractivity contribution < 1.29 is 18.6 Å². The van der Waals surface area contributed by atoms with Gasteiger partial charge < -0.3 is 18.6 Å². The van der Waals surface area contributed by atoms with Crippen LogP contribution < -0.4 is 10.9 Å². The van der Waals surface area contributed by atoms with Crippen molar-refractivity contribution in [3.8, 4) is 11.1 Å². The molecule has 0 N–H and O–H groups in total. The van der Waals surface area contributed by atoms with Gasteiger partial charge in [0.05, 0.1) is 0 Å². The topological polar surface area (TPSA) is 36.9 Å². The molecule has 2 fully saturated rings. The molecular weight excluding hydrogens is 350 g/mol. The van der Waals surface area contributed by atoms with Crippen molar-refractivity contribution in [2.45, 2.75) is 38.5 Å². The van der Waals surface area contributed by atoms with Crippen molar-refractivity contribution in [2.75, 3.05) is 26.4 Å². The molecule has 2 heterocycles. The summed E-state index contributed by atoms with van der Waals surface area (Å²) < 4.78 is 23.5. The van der Waals surface area contributed by atoms with Gasteiger partial charge in [0.1, 0.15) is 0 Å². The van der Waals surface area contributed by atoms with E-state index in [0.29, 0.717) is 0 Å². The van der Waals surface area contributed by atoms with E-state index in [1.54, 1.807) is 0 Å². The molecule has 2 aromatic rings. The molecule has 2 aromatic carbocycles. The Morgan fingerprint density at radius 1 is 0.429 bits per heavy atom. The fourth-order valence-electron chi connectivity index (χ4n) is 3.67. The first kappa shape index (κ1) is 19.7. The SMILES string of the molecule is c1cc(-c2ccc(B3OCCCCCO3)cc2)ccc1B1OCCCCCO1. The Balaban J connectivity index is 1.42. The summed E-state index contributed by atoms with van der Waals surface area (Å²) >= 11 is 0. The predicted octanol–water partition coefficient (Wildman–Crippen LogP) is 3.18. The third-order valence-electron chi connectivity index (χ3n) is 5.35. The molecule has 2 aliphatic heterocycles. The van der Waals surface area contributed by atoms with Crippen LogP contribution in [0.25, 0.3) is 11.1 Å². The Labute approximate surface area is 168 Å². The van der Waals surface area contributed by atoms with E-state index < -0.39 is 0 Å². The molecule has 0 aromatic heterocycles. The van der Waals surface area contributed by atoms with Gasteiger partial charge in [-0.25, -0.2) is 0 Å². The van der Waals surface area contributed by atoms with Crippen molar-refractivity contribution in [1.82, 2.24) is 0 Å². The first-order valence-corrected chi connectivity index (χ1v) is 10.6. The normalized spacial score (nSPS) is 19.4. The van der Waals surface area contributed by atoms with E-state index in [1.807, 2.05) is 0 Å². The fraction of sp³-hybridized carbons (Fsp3) is 0.455. The van der Waals surface area contributed by atoms with Crippen LogP contribution in [0.4, 0.5) is 0 Å². The molecule has 28 heavy (non-hydrogen) atoms. The minimum Gasteiger partial charge on any atom is -0.407 e. The van der Waals surface area contributed by atoms with Crippen LogP contribution in [-0.2, 0) is 18.6 Å². The Hall–Kier alpha value is -1.59. The van der Waals surface area contributed by atoms with Gasteiger partial charge in [0, 0.05) is 26.4 Å². The lowest BCUT2D eigenvalue weighted by molar-refractivity contribution is 0.179. The quantitative estimate of drug-likeness (QED) is 0.770. The van der Waals surface area contributed by atoms with Crippen LogP contribution in [-0.4, -0.2) is 40.7 Å². The third kappa shape index (κ3) is 5.26. The molecule has 6 heteroatoms. The molecule has 0 saturated carbocycles. The minimum absolute atomic E-state index is 0.245. The van der Waals surface area contributed by atoms with E-state index >= 15 is 0 Å². The lowest BCUT2D eigenvalue weighted by atomic mass is 9.77. The second-order valence-electron chi connectivity index (χ2n) is 7.51. The molecule has 0 amide bonds. The molecule has 4 rings (SSSR count). The standard InChI is InChI=1S/C22H28B2O4/c1-3-15-25-23(26-16-4-1)21-11-7-19(8-12-21)20-9-13-22(14-10-20)24-27-17-5-2-6-18-28-24/h7-14H,1-6,15-18H2. The number of hydrogen-bond donors (Lipinski definition) is 0. The van der Waals surface area contributed by atoms with E-state index in [1.165, 1.54) is 24.0 Å². The van der Waals surface area contributed by atoms with Gasteiger partial charge in [-0.05, 0) is 60.6 Å². The second kappa shape index (κ2) is 10.3. The fourth-order valence-corrected chi connectivity index (χ4v) is 3.67. The van der Waals surface area contributed by atoms with Gasteiger partial charge in [0.15, 0.2) is 0 Å². The van der Waals surface area contributed by atoms with Crippen molar-refractivity contribution in [3.63, 3.8) is 0 Å². The van der Waals surface area contributed by atoms with Crippen LogP contribution in [0, 0.1) is 0 Å². The third-order valence-corrected chi connectivity index (χ3v) is 5.35. The summed E-state index contributed by atoms with van der Waals surface area (Å²) in [6.45, 7) is 3.05. The Morgan fingerprint density at radius 2 is 0.750 bits per heavy atom. The molecule has 0 bridgehead atoms. The zero-order chi connectivity index (χ0) is 19.0. The number of benzene rings is 2. The Morgan fingerprint density at radius 3 is 1.07 bits per heavy atom. The summed E-state index contributed by atoms with van der Waals surface area (Å²) in [5.41, 5.74) is 4.53. The summed E-state index contributed by atoms with van der Waals surface area (Å²) in [4.78, 5) is 0. The Bertz CT molecular complexity index is 641. The highest BCUT2D eigenvalue weighted by Crippen LogP contribution is 2.18. The van der Waals surface area contributed by atoms with Gasteiger partial charge in [-0.3, -0.25) is 0 Å². The first-order chi connectivity index (χ1) is 13.9. The van der Waals surface area contributed by atoms with Gasteiger partial charge in [-0.15, -0.1) is 0 Å². The molecule has 0 atom stereocenters. The zero-order valence-corrected chi connectivity index (χ0v) is 16.5. The van der Waals surface area contributed by atoms with E-state index in [0.717, 1.165) is 63.0 Å². The zero-order valence-electron chi connectivity index (χ0n) is 16.5. The molecule has 0 aliphatic carbocycles. The lowest BCUT2D eigenvalue weighted by Crippen LogP contribution is -2.38. The first-order valence-electron chi connectivity index (χ1n) is 10.6. The van der Waals surface area contributed by atoms with Crippen LogP contribution in [0.3, 0.4) is 0 Å². The van der Waals surface area contributed by atoms with E-state index in [-0.39, 0.29) is 14.2 Å². The maximum atomic E-state index is 5.87. The second-order valence-corrected chi connectivity index (χ2v) is 7.51. The largest absolute Gasteiger partial charge is 0.493 e. The minimum atomic E-state index is -0.245. The van der Waals surface area contributed by atoms with Crippen molar-refractivity contribution >= 4 is 25.2 Å². The highest BCUT2D eigenvalue weighted by Gasteiger charge is 2.23. The van der Waals surface area contributed by atoms with E-state index in [2.05, 4.69) is 48.5 Å². The molecule has 4 nitrogen and oxygen atoms in total. The van der Waals surface area contributed by atoms with Crippen LogP contribution >= 0.6 is 0 Å². The van der Waals surface area contributed by atoms with Crippen LogP contribution in [0.5, 0.6) is 0 Å². The van der Waals surface area contributed by atoms with E-state index in [9.17, 15) is 0 Å². The van der Waals surface area contributed by atoms with E-state index in [4.69, 9.17) is 18.6 Å². The summed E-state index contributed by atoms with van der Waals surface area (Å²) in [7, 11) is -0.490. The van der Waals surface area contributed by atoms with Crippen LogP contribution in [0.15, 0.2) is 48.5 Å². The Kier molecular flexibility index (Phi) is 7.23. The summed E-state index contributed by atoms with van der Waals surface area (Å²) in [5.74, 6) is 0. The summed E-state index contributed by atoms with van der Waals surface area (Å²) in [6.07, 6.45) is 6.80. The van der Waals surface area contributed by atoms with Gasteiger partial charge in [0.2, 0.25) is 0 Å². The summed E-state index contributed by atoms with van der Waals surface area (Å²) in [5, 5.41) is 0. The highest BCUT2D eigenvalue weighted by molar-refractivity contribution is 6.61. The average Bonchev–Trinajstić information content (AvgIpc) is 2.68. The molecule has 146 valence electrons. The average molecular weight is 378 g/mol. The van der Waals surface area contributed by atoms with Gasteiger partial charge in [-0.1, -0.05) is 48.5 Å². The van der Waals surface area contributed by atoms with Crippen LogP contribution in [0.1, 0.15) is 38.5 Å². The van der Waals surface area contributed by atoms with Crippen LogP contribution in [0.2, 0.25) is 0 Å². The molecule has 0 unspecified atom stereocenters. The van der Waals surface area contributed by atoms with Gasteiger partial charge in [0.25, 0.3) is 0 Å². The van der Waals surface area contributed by atoms with Gasteiger partial charge >= 0.3 is 14.2 Å². The molecule has 2 aliphatic rings. The molecule has 2 saturated heterocycles. The molecule has 0 radical (unpaired) electrons. The number of rotatable bonds is 3. The lowest BCUT2D eigenvalue weighted by Gasteiger charge is -2.19.